The Kier molecular flexibility index (Phi) is 4.50. The highest BCUT2D eigenvalue weighted by Crippen LogP contribution is 2.30. The Labute approximate surface area is 151 Å². The van der Waals surface area contributed by atoms with Crippen molar-refractivity contribution in [2.75, 3.05) is 26.3 Å². The van der Waals surface area contributed by atoms with Gasteiger partial charge in [0, 0.05) is 37.4 Å². The van der Waals surface area contributed by atoms with Crippen molar-refractivity contribution in [3.8, 4) is 0 Å². The molecule has 1 aliphatic carbocycles. The normalized spacial score (nSPS) is 20.2. The average Bonchev–Trinajstić information content (AvgIpc) is 3.17. The molecule has 0 aromatic carbocycles. The number of hydrogen-bond donors (Lipinski definition) is 0. The number of fused-ring (bicyclic) bond motifs is 1. The zero-order valence-electron chi connectivity index (χ0n) is 14.3. The minimum absolute atomic E-state index is 0.0329. The van der Waals surface area contributed by atoms with E-state index in [0.29, 0.717) is 19.1 Å². The SMILES string of the molecule is O=C(CCC(=O)N1CC(=O)N(CC2CC2)C1)N1CCc2sccc2C1. The first-order valence-corrected chi connectivity index (χ1v) is 9.86. The molecular weight excluding hydrogens is 338 g/mol. The first kappa shape index (κ1) is 16.6. The molecule has 0 spiro atoms. The summed E-state index contributed by atoms with van der Waals surface area (Å²) in [5, 5.41) is 2.07. The van der Waals surface area contributed by atoms with Crippen molar-refractivity contribution in [3.63, 3.8) is 0 Å². The lowest BCUT2D eigenvalue weighted by molar-refractivity contribution is -0.137. The van der Waals surface area contributed by atoms with Crippen molar-refractivity contribution in [2.24, 2.45) is 5.92 Å². The molecular formula is C18H23N3O3S. The summed E-state index contributed by atoms with van der Waals surface area (Å²) in [5.41, 5.74) is 1.23. The molecule has 0 unspecified atom stereocenters. The van der Waals surface area contributed by atoms with Crippen LogP contribution in [-0.4, -0.2) is 58.7 Å². The van der Waals surface area contributed by atoms with Crippen LogP contribution in [0.4, 0.5) is 0 Å². The van der Waals surface area contributed by atoms with Gasteiger partial charge in [-0.25, -0.2) is 0 Å². The van der Waals surface area contributed by atoms with Crippen LogP contribution >= 0.6 is 11.3 Å². The maximum Gasteiger partial charge on any atom is 0.243 e. The highest BCUT2D eigenvalue weighted by Gasteiger charge is 2.34. The molecule has 134 valence electrons. The smallest absolute Gasteiger partial charge is 0.243 e. The van der Waals surface area contributed by atoms with E-state index in [1.54, 1.807) is 21.1 Å². The Morgan fingerprint density at radius 1 is 1.12 bits per heavy atom. The van der Waals surface area contributed by atoms with Gasteiger partial charge in [-0.2, -0.15) is 0 Å². The average molecular weight is 361 g/mol. The number of rotatable bonds is 5. The van der Waals surface area contributed by atoms with E-state index in [9.17, 15) is 14.4 Å². The molecule has 4 rings (SSSR count). The highest BCUT2D eigenvalue weighted by atomic mass is 32.1. The van der Waals surface area contributed by atoms with Gasteiger partial charge >= 0.3 is 0 Å². The molecule has 0 N–H and O–H groups in total. The third-order valence-corrected chi connectivity index (χ3v) is 6.28. The van der Waals surface area contributed by atoms with Crippen molar-refractivity contribution in [1.29, 1.82) is 0 Å². The maximum atomic E-state index is 12.4. The van der Waals surface area contributed by atoms with E-state index in [-0.39, 0.29) is 37.1 Å². The lowest BCUT2D eigenvalue weighted by Crippen LogP contribution is -2.37. The number of nitrogens with zero attached hydrogens (tertiary/aromatic N) is 3. The molecule has 6 nitrogen and oxygen atoms in total. The molecule has 3 amide bonds. The number of thiophene rings is 1. The van der Waals surface area contributed by atoms with Crippen LogP contribution in [0, 0.1) is 5.92 Å². The summed E-state index contributed by atoms with van der Waals surface area (Å²) in [6.07, 6.45) is 3.70. The van der Waals surface area contributed by atoms with E-state index >= 15 is 0 Å². The van der Waals surface area contributed by atoms with E-state index in [1.165, 1.54) is 23.3 Å². The molecule has 1 saturated heterocycles. The Balaban J connectivity index is 1.24. The zero-order valence-corrected chi connectivity index (χ0v) is 15.1. The molecule has 7 heteroatoms. The molecule has 25 heavy (non-hydrogen) atoms. The van der Waals surface area contributed by atoms with E-state index in [0.717, 1.165) is 19.5 Å². The fourth-order valence-electron chi connectivity index (χ4n) is 3.53. The number of carbonyl (C=O) groups is 3. The summed E-state index contributed by atoms with van der Waals surface area (Å²) in [7, 11) is 0. The molecule has 0 radical (unpaired) electrons. The Bertz CT molecular complexity index is 697. The maximum absolute atomic E-state index is 12.4. The van der Waals surface area contributed by atoms with Crippen molar-refractivity contribution >= 4 is 29.1 Å². The van der Waals surface area contributed by atoms with E-state index in [2.05, 4.69) is 11.4 Å². The lowest BCUT2D eigenvalue weighted by Gasteiger charge is -2.27. The molecule has 1 aromatic heterocycles. The summed E-state index contributed by atoms with van der Waals surface area (Å²) in [6.45, 7) is 2.73. The number of carbonyl (C=O) groups excluding carboxylic acids is 3. The quantitative estimate of drug-likeness (QED) is 0.798. The van der Waals surface area contributed by atoms with Gasteiger partial charge in [0.15, 0.2) is 0 Å². The molecule has 3 aliphatic rings. The van der Waals surface area contributed by atoms with E-state index < -0.39 is 0 Å². The first-order valence-electron chi connectivity index (χ1n) is 8.98. The van der Waals surface area contributed by atoms with Crippen LogP contribution in [0.25, 0.3) is 0 Å². The lowest BCUT2D eigenvalue weighted by atomic mass is 10.1. The van der Waals surface area contributed by atoms with Crippen molar-refractivity contribution in [2.45, 2.75) is 38.6 Å². The van der Waals surface area contributed by atoms with Crippen LogP contribution in [0.1, 0.15) is 36.1 Å². The van der Waals surface area contributed by atoms with Gasteiger partial charge in [-0.05, 0) is 42.2 Å². The first-order chi connectivity index (χ1) is 12.1. The standard InChI is InChI=1S/C18H23N3O3S/c22-16(19-7-5-15-14(10-19)6-8-25-15)3-4-17(23)21-11-18(24)20(12-21)9-13-1-2-13/h6,8,13H,1-5,7,9-12H2. The summed E-state index contributed by atoms with van der Waals surface area (Å²) in [6, 6.07) is 2.08. The van der Waals surface area contributed by atoms with Gasteiger partial charge in [0.1, 0.15) is 6.54 Å². The van der Waals surface area contributed by atoms with Gasteiger partial charge in [0.05, 0.1) is 6.67 Å². The molecule has 1 aromatic rings. The molecule has 2 aliphatic heterocycles. The monoisotopic (exact) mass is 361 g/mol. The van der Waals surface area contributed by atoms with Gasteiger partial charge in [0.25, 0.3) is 0 Å². The van der Waals surface area contributed by atoms with Crippen molar-refractivity contribution < 1.29 is 14.4 Å². The van der Waals surface area contributed by atoms with Crippen LogP contribution in [-0.2, 0) is 27.3 Å². The zero-order chi connectivity index (χ0) is 17.4. The Hall–Kier alpha value is -1.89. The summed E-state index contributed by atoms with van der Waals surface area (Å²) in [5.74, 6) is 0.605. The van der Waals surface area contributed by atoms with Crippen LogP contribution in [0.2, 0.25) is 0 Å². The second-order valence-corrected chi connectivity index (χ2v) is 8.23. The fraction of sp³-hybridized carbons (Fsp3) is 0.611. The molecule has 0 atom stereocenters. The third kappa shape index (κ3) is 3.71. The molecule has 1 saturated carbocycles. The van der Waals surface area contributed by atoms with E-state index in [1.807, 2.05) is 4.90 Å². The van der Waals surface area contributed by atoms with Crippen LogP contribution < -0.4 is 0 Å². The van der Waals surface area contributed by atoms with Gasteiger partial charge in [-0.15, -0.1) is 11.3 Å². The van der Waals surface area contributed by atoms with Crippen LogP contribution in [0.3, 0.4) is 0 Å². The van der Waals surface area contributed by atoms with Crippen LogP contribution in [0.15, 0.2) is 11.4 Å². The predicted molar refractivity (Wildman–Crippen MR) is 93.7 cm³/mol. The summed E-state index contributed by atoms with van der Waals surface area (Å²) in [4.78, 5) is 43.3. The minimum Gasteiger partial charge on any atom is -0.338 e. The molecule has 0 bridgehead atoms. The molecule has 2 fully saturated rings. The third-order valence-electron chi connectivity index (χ3n) is 5.26. The second-order valence-electron chi connectivity index (χ2n) is 7.23. The highest BCUT2D eigenvalue weighted by molar-refractivity contribution is 7.10. The number of hydrogen-bond acceptors (Lipinski definition) is 4. The second kappa shape index (κ2) is 6.78. The Morgan fingerprint density at radius 2 is 1.88 bits per heavy atom. The molecule has 3 heterocycles. The summed E-state index contributed by atoms with van der Waals surface area (Å²) < 4.78 is 0. The Morgan fingerprint density at radius 3 is 2.64 bits per heavy atom. The van der Waals surface area contributed by atoms with Crippen molar-refractivity contribution in [3.05, 3.63) is 21.9 Å². The fourth-order valence-corrected chi connectivity index (χ4v) is 4.42. The van der Waals surface area contributed by atoms with Gasteiger partial charge in [-0.3, -0.25) is 14.4 Å². The van der Waals surface area contributed by atoms with Crippen LogP contribution in [0.5, 0.6) is 0 Å². The minimum atomic E-state index is -0.0896. The van der Waals surface area contributed by atoms with Crippen molar-refractivity contribution in [1.82, 2.24) is 14.7 Å². The largest absolute Gasteiger partial charge is 0.338 e. The van der Waals surface area contributed by atoms with Gasteiger partial charge in [-0.1, -0.05) is 0 Å². The van der Waals surface area contributed by atoms with Gasteiger partial charge in [0.2, 0.25) is 17.7 Å². The predicted octanol–water partition coefficient (Wildman–Crippen LogP) is 1.45. The van der Waals surface area contributed by atoms with Gasteiger partial charge < -0.3 is 14.7 Å². The topological polar surface area (TPSA) is 60.9 Å². The van der Waals surface area contributed by atoms with E-state index in [4.69, 9.17) is 0 Å². The number of amides is 3. The summed E-state index contributed by atoms with van der Waals surface area (Å²) >= 11 is 1.75.